The number of benzene rings is 2. The second-order valence-electron chi connectivity index (χ2n) is 3.56. The third-order valence-corrected chi connectivity index (χ3v) is 3.68. The lowest BCUT2D eigenvalue weighted by molar-refractivity contribution is 0.617. The summed E-state index contributed by atoms with van der Waals surface area (Å²) in [5.41, 5.74) is 7.11. The molecule has 0 bridgehead atoms. The second kappa shape index (κ2) is 5.43. The van der Waals surface area contributed by atoms with Crippen LogP contribution in [0.4, 0.5) is 10.1 Å². The van der Waals surface area contributed by atoms with Crippen LogP contribution < -0.4 is 5.73 Å². The van der Waals surface area contributed by atoms with Gasteiger partial charge in [-0.2, -0.15) is 0 Å². The Kier molecular flexibility index (Phi) is 3.92. The molecule has 2 N–H and O–H groups in total. The molecule has 0 atom stereocenters. The summed E-state index contributed by atoms with van der Waals surface area (Å²) in [5, 5.41) is 0.544. The molecule has 0 fully saturated rings. The third kappa shape index (κ3) is 3.14. The quantitative estimate of drug-likeness (QED) is 0.661. The van der Waals surface area contributed by atoms with Crippen LogP contribution in [0.1, 0.15) is 5.56 Å². The van der Waals surface area contributed by atoms with Gasteiger partial charge < -0.3 is 5.73 Å². The molecule has 4 heteroatoms. The Hall–Kier alpha value is -1.19. The maximum Gasteiger partial charge on any atom is 0.127 e. The molecular formula is C13H11ClFNS. The van der Waals surface area contributed by atoms with E-state index >= 15 is 0 Å². The minimum atomic E-state index is -0.239. The molecule has 2 aromatic carbocycles. The van der Waals surface area contributed by atoms with Gasteiger partial charge in [-0.25, -0.2) is 4.39 Å². The third-order valence-electron chi connectivity index (χ3n) is 2.31. The zero-order valence-electron chi connectivity index (χ0n) is 8.99. The molecule has 0 spiro atoms. The Labute approximate surface area is 109 Å². The summed E-state index contributed by atoms with van der Waals surface area (Å²) >= 11 is 7.33. The lowest BCUT2D eigenvalue weighted by Crippen LogP contribution is -1.90. The van der Waals surface area contributed by atoms with Crippen molar-refractivity contribution in [1.82, 2.24) is 0 Å². The fourth-order valence-electron chi connectivity index (χ4n) is 1.42. The first-order valence-corrected chi connectivity index (χ1v) is 6.44. The van der Waals surface area contributed by atoms with E-state index in [0.717, 1.165) is 4.90 Å². The fourth-order valence-corrected chi connectivity index (χ4v) is 2.56. The molecule has 0 unspecified atom stereocenters. The normalized spacial score (nSPS) is 10.5. The molecule has 1 nitrogen and oxygen atoms in total. The van der Waals surface area contributed by atoms with Crippen molar-refractivity contribution in [2.24, 2.45) is 0 Å². The van der Waals surface area contributed by atoms with Crippen molar-refractivity contribution in [1.29, 1.82) is 0 Å². The van der Waals surface area contributed by atoms with Crippen molar-refractivity contribution < 1.29 is 4.39 Å². The molecular weight excluding hydrogens is 257 g/mol. The summed E-state index contributed by atoms with van der Waals surface area (Å²) in [6.07, 6.45) is 0. The van der Waals surface area contributed by atoms with Crippen molar-refractivity contribution in [3.8, 4) is 0 Å². The molecule has 0 radical (unpaired) electrons. The van der Waals surface area contributed by atoms with Gasteiger partial charge in [0.15, 0.2) is 0 Å². The molecule has 0 amide bonds. The molecule has 0 saturated heterocycles. The van der Waals surface area contributed by atoms with Crippen molar-refractivity contribution >= 4 is 29.1 Å². The van der Waals surface area contributed by atoms with Gasteiger partial charge in [-0.1, -0.05) is 23.7 Å². The van der Waals surface area contributed by atoms with Crippen LogP contribution in [-0.2, 0) is 5.75 Å². The van der Waals surface area contributed by atoms with Gasteiger partial charge in [0.25, 0.3) is 0 Å². The summed E-state index contributed by atoms with van der Waals surface area (Å²) in [6, 6.07) is 12.1. The van der Waals surface area contributed by atoms with Crippen LogP contribution in [0.15, 0.2) is 47.4 Å². The summed E-state index contributed by atoms with van der Waals surface area (Å²) in [6.45, 7) is 0. The maximum atomic E-state index is 13.5. The molecule has 0 aliphatic carbocycles. The fraction of sp³-hybridized carbons (Fsp3) is 0.0769. The molecule has 0 aliphatic heterocycles. The maximum absolute atomic E-state index is 13.5. The van der Waals surface area contributed by atoms with E-state index < -0.39 is 0 Å². The van der Waals surface area contributed by atoms with Crippen LogP contribution in [-0.4, -0.2) is 0 Å². The van der Waals surface area contributed by atoms with E-state index in [9.17, 15) is 4.39 Å². The van der Waals surface area contributed by atoms with Gasteiger partial charge in [-0.15, -0.1) is 11.8 Å². The van der Waals surface area contributed by atoms with Gasteiger partial charge in [-0.05, 0) is 35.9 Å². The first-order valence-electron chi connectivity index (χ1n) is 5.08. The highest BCUT2D eigenvalue weighted by atomic mass is 35.5. The number of halogens is 2. The Balaban J connectivity index is 2.12. The number of nitrogen functional groups attached to an aromatic ring is 1. The van der Waals surface area contributed by atoms with Crippen molar-refractivity contribution in [2.45, 2.75) is 10.6 Å². The first-order chi connectivity index (χ1) is 8.16. The van der Waals surface area contributed by atoms with Crippen LogP contribution in [0.5, 0.6) is 0 Å². The number of hydrogen-bond acceptors (Lipinski definition) is 2. The molecule has 88 valence electrons. The highest BCUT2D eigenvalue weighted by Crippen LogP contribution is 2.29. The average molecular weight is 268 g/mol. The van der Waals surface area contributed by atoms with E-state index in [1.54, 1.807) is 12.1 Å². The predicted octanol–water partition coefficient (Wildman–Crippen LogP) is 4.35. The predicted molar refractivity (Wildman–Crippen MR) is 71.8 cm³/mol. The molecule has 0 heterocycles. The Bertz CT molecular complexity index is 531. The molecule has 0 aliphatic rings. The van der Waals surface area contributed by atoms with Crippen molar-refractivity contribution in [3.05, 3.63) is 58.9 Å². The van der Waals surface area contributed by atoms with Crippen molar-refractivity contribution in [3.63, 3.8) is 0 Å². The van der Waals surface area contributed by atoms with E-state index in [2.05, 4.69) is 0 Å². The number of nitrogens with two attached hydrogens (primary N) is 1. The zero-order chi connectivity index (χ0) is 12.3. The molecule has 2 rings (SSSR count). The average Bonchev–Trinajstić information content (AvgIpc) is 2.32. The molecule has 0 aromatic heterocycles. The standard InChI is InChI=1S/C13H11ClFNS/c14-10-5-6-11(15)9(7-10)8-17-13-4-2-1-3-12(13)16/h1-7H,8,16H2. The smallest absolute Gasteiger partial charge is 0.127 e. The topological polar surface area (TPSA) is 26.0 Å². The number of anilines is 1. The van der Waals surface area contributed by atoms with Gasteiger partial charge in [0.1, 0.15) is 5.82 Å². The first kappa shape index (κ1) is 12.3. The van der Waals surface area contributed by atoms with Gasteiger partial charge in [-0.3, -0.25) is 0 Å². The number of hydrogen-bond donors (Lipinski definition) is 1. The van der Waals surface area contributed by atoms with Gasteiger partial charge in [0, 0.05) is 21.4 Å². The zero-order valence-corrected chi connectivity index (χ0v) is 10.6. The summed E-state index contributed by atoms with van der Waals surface area (Å²) < 4.78 is 13.5. The van der Waals surface area contributed by atoms with E-state index in [1.165, 1.54) is 17.8 Å². The number of para-hydroxylation sites is 1. The number of thioether (sulfide) groups is 1. The largest absolute Gasteiger partial charge is 0.398 e. The van der Waals surface area contributed by atoms with Crippen LogP contribution in [0, 0.1) is 5.82 Å². The van der Waals surface area contributed by atoms with E-state index in [1.807, 2.05) is 24.3 Å². The van der Waals surface area contributed by atoms with E-state index in [0.29, 0.717) is 22.0 Å². The second-order valence-corrected chi connectivity index (χ2v) is 5.02. The molecule has 17 heavy (non-hydrogen) atoms. The SMILES string of the molecule is Nc1ccccc1SCc1cc(Cl)ccc1F. The van der Waals surface area contributed by atoms with Gasteiger partial charge in [0.05, 0.1) is 0 Å². The van der Waals surface area contributed by atoms with Crippen LogP contribution >= 0.6 is 23.4 Å². The number of rotatable bonds is 3. The minimum Gasteiger partial charge on any atom is -0.398 e. The van der Waals surface area contributed by atoms with E-state index in [-0.39, 0.29) is 5.82 Å². The minimum absolute atomic E-state index is 0.239. The Morgan fingerprint density at radius 2 is 1.94 bits per heavy atom. The molecule has 0 saturated carbocycles. The van der Waals surface area contributed by atoms with E-state index in [4.69, 9.17) is 17.3 Å². The van der Waals surface area contributed by atoms with Gasteiger partial charge in [0.2, 0.25) is 0 Å². The van der Waals surface area contributed by atoms with Crippen LogP contribution in [0.3, 0.4) is 0 Å². The Morgan fingerprint density at radius 1 is 1.18 bits per heavy atom. The van der Waals surface area contributed by atoms with Gasteiger partial charge >= 0.3 is 0 Å². The monoisotopic (exact) mass is 267 g/mol. The Morgan fingerprint density at radius 3 is 2.71 bits per heavy atom. The highest BCUT2D eigenvalue weighted by Gasteiger charge is 2.05. The molecule has 2 aromatic rings. The lowest BCUT2D eigenvalue weighted by Gasteiger charge is -2.06. The lowest BCUT2D eigenvalue weighted by atomic mass is 10.2. The van der Waals surface area contributed by atoms with Crippen molar-refractivity contribution in [2.75, 3.05) is 5.73 Å². The summed E-state index contributed by atoms with van der Waals surface area (Å²) in [7, 11) is 0. The summed E-state index contributed by atoms with van der Waals surface area (Å²) in [5.74, 6) is 0.275. The van der Waals surface area contributed by atoms with Crippen LogP contribution in [0.2, 0.25) is 5.02 Å². The van der Waals surface area contributed by atoms with Crippen LogP contribution in [0.25, 0.3) is 0 Å². The highest BCUT2D eigenvalue weighted by molar-refractivity contribution is 7.98. The summed E-state index contributed by atoms with van der Waals surface area (Å²) in [4.78, 5) is 0.951.